The number of hydrogen-bond acceptors (Lipinski definition) is 4. The SMILES string of the molecule is Cc1ccc(C(=O)N2CC=CCC2)c(C2CCN(C(=O)/C=C/c3cccc(O)c3)CC2)n1. The molecule has 0 saturated carbocycles. The molecule has 6 nitrogen and oxygen atoms in total. The number of aromatic nitrogens is 1. The number of phenols is 1. The van der Waals surface area contributed by atoms with Gasteiger partial charge in [0.25, 0.3) is 5.91 Å². The van der Waals surface area contributed by atoms with Crippen molar-refractivity contribution in [3.8, 4) is 5.75 Å². The lowest BCUT2D eigenvalue weighted by atomic mass is 9.89. The van der Waals surface area contributed by atoms with Crippen molar-refractivity contribution in [1.29, 1.82) is 0 Å². The quantitative estimate of drug-likeness (QED) is 0.588. The number of aromatic hydroxyl groups is 1. The summed E-state index contributed by atoms with van der Waals surface area (Å²) in [4.78, 5) is 34.3. The van der Waals surface area contributed by atoms with Crippen LogP contribution in [0.4, 0.5) is 0 Å². The van der Waals surface area contributed by atoms with Crippen molar-refractivity contribution >= 4 is 17.9 Å². The van der Waals surface area contributed by atoms with E-state index in [2.05, 4.69) is 6.08 Å². The first-order chi connectivity index (χ1) is 15.5. The van der Waals surface area contributed by atoms with E-state index in [1.165, 1.54) is 0 Å². The second-order valence-electron chi connectivity index (χ2n) is 8.42. The molecule has 4 rings (SSSR count). The van der Waals surface area contributed by atoms with Crippen molar-refractivity contribution in [2.24, 2.45) is 0 Å². The summed E-state index contributed by atoms with van der Waals surface area (Å²) in [6.45, 7) is 4.59. The Labute approximate surface area is 188 Å². The molecule has 2 amide bonds. The third-order valence-corrected chi connectivity index (χ3v) is 6.12. The average molecular weight is 432 g/mol. The van der Waals surface area contributed by atoms with Crippen molar-refractivity contribution in [2.45, 2.75) is 32.1 Å². The van der Waals surface area contributed by atoms with Gasteiger partial charge in [0.1, 0.15) is 5.75 Å². The van der Waals surface area contributed by atoms with E-state index in [4.69, 9.17) is 4.98 Å². The zero-order valence-corrected chi connectivity index (χ0v) is 18.4. The lowest BCUT2D eigenvalue weighted by Crippen LogP contribution is -2.38. The summed E-state index contributed by atoms with van der Waals surface area (Å²) in [5.74, 6) is 0.343. The first kappa shape index (κ1) is 21.8. The first-order valence-electron chi connectivity index (χ1n) is 11.2. The standard InChI is InChI=1S/C26H29N3O3/c1-19-8-10-23(26(32)29-14-3-2-4-15-29)25(27-19)21-12-16-28(17-13-21)24(31)11-9-20-6-5-7-22(30)18-20/h2-3,5-11,18,21,30H,4,12-17H2,1H3/b11-9+. The molecular weight excluding hydrogens is 402 g/mol. The Balaban J connectivity index is 1.42. The van der Waals surface area contributed by atoms with Gasteiger partial charge in [-0.1, -0.05) is 24.3 Å². The number of benzene rings is 1. The number of carbonyl (C=O) groups excluding carboxylic acids is 2. The van der Waals surface area contributed by atoms with Gasteiger partial charge < -0.3 is 14.9 Å². The predicted molar refractivity (Wildman–Crippen MR) is 124 cm³/mol. The fraction of sp³-hybridized carbons (Fsp3) is 0.346. The van der Waals surface area contributed by atoms with E-state index in [1.54, 1.807) is 30.4 Å². The smallest absolute Gasteiger partial charge is 0.256 e. The van der Waals surface area contributed by atoms with Gasteiger partial charge in [0.2, 0.25) is 5.91 Å². The third-order valence-electron chi connectivity index (χ3n) is 6.12. The minimum Gasteiger partial charge on any atom is -0.508 e. The molecule has 0 aliphatic carbocycles. The monoisotopic (exact) mass is 431 g/mol. The highest BCUT2D eigenvalue weighted by atomic mass is 16.3. The highest BCUT2D eigenvalue weighted by molar-refractivity contribution is 5.96. The Hall–Kier alpha value is -3.41. The maximum atomic E-state index is 13.2. The Bertz CT molecular complexity index is 1050. The number of carbonyl (C=O) groups is 2. The molecule has 1 saturated heterocycles. The average Bonchev–Trinajstić information content (AvgIpc) is 2.83. The molecule has 0 bridgehead atoms. The van der Waals surface area contributed by atoms with Crippen LogP contribution in [0.2, 0.25) is 0 Å². The summed E-state index contributed by atoms with van der Waals surface area (Å²) in [6, 6.07) is 10.6. The molecule has 2 aliphatic rings. The summed E-state index contributed by atoms with van der Waals surface area (Å²) < 4.78 is 0. The van der Waals surface area contributed by atoms with Crippen molar-refractivity contribution in [2.75, 3.05) is 26.2 Å². The minimum absolute atomic E-state index is 0.0413. The molecule has 166 valence electrons. The van der Waals surface area contributed by atoms with Crippen LogP contribution in [0.25, 0.3) is 6.08 Å². The van der Waals surface area contributed by atoms with Crippen LogP contribution in [0.15, 0.2) is 54.6 Å². The Morgan fingerprint density at radius 2 is 1.88 bits per heavy atom. The van der Waals surface area contributed by atoms with Crippen LogP contribution in [-0.4, -0.2) is 57.9 Å². The Kier molecular flexibility index (Phi) is 6.69. The topological polar surface area (TPSA) is 73.7 Å². The van der Waals surface area contributed by atoms with Crippen LogP contribution in [0.1, 0.15) is 52.5 Å². The fourth-order valence-corrected chi connectivity index (χ4v) is 4.34. The summed E-state index contributed by atoms with van der Waals surface area (Å²) in [7, 11) is 0. The van der Waals surface area contributed by atoms with E-state index in [-0.39, 0.29) is 23.5 Å². The number of nitrogens with zero attached hydrogens (tertiary/aromatic N) is 3. The molecule has 2 aliphatic heterocycles. The van der Waals surface area contributed by atoms with E-state index in [1.807, 2.05) is 41.0 Å². The molecule has 1 aromatic heterocycles. The molecule has 2 aromatic rings. The molecule has 1 aromatic carbocycles. The first-order valence-corrected chi connectivity index (χ1v) is 11.2. The van der Waals surface area contributed by atoms with Gasteiger partial charge in [-0.15, -0.1) is 0 Å². The van der Waals surface area contributed by atoms with Gasteiger partial charge in [0.05, 0.1) is 11.3 Å². The highest BCUT2D eigenvalue weighted by Crippen LogP contribution is 2.30. The molecule has 0 atom stereocenters. The van der Waals surface area contributed by atoms with Gasteiger partial charge in [-0.25, -0.2) is 0 Å². The molecule has 0 radical (unpaired) electrons. The largest absolute Gasteiger partial charge is 0.508 e. The highest BCUT2D eigenvalue weighted by Gasteiger charge is 2.28. The van der Waals surface area contributed by atoms with Crippen molar-refractivity contribution in [3.63, 3.8) is 0 Å². The number of hydrogen-bond donors (Lipinski definition) is 1. The van der Waals surface area contributed by atoms with E-state index < -0.39 is 0 Å². The third kappa shape index (κ3) is 5.07. The van der Waals surface area contributed by atoms with Crippen LogP contribution in [0.5, 0.6) is 5.75 Å². The zero-order chi connectivity index (χ0) is 22.5. The molecule has 6 heteroatoms. The number of aryl methyl sites for hydroxylation is 1. The molecule has 0 spiro atoms. The lowest BCUT2D eigenvalue weighted by Gasteiger charge is -2.32. The molecule has 1 N–H and O–H groups in total. The summed E-state index contributed by atoms with van der Waals surface area (Å²) in [6.07, 6.45) is 9.87. The fourth-order valence-electron chi connectivity index (χ4n) is 4.34. The number of rotatable bonds is 4. The van der Waals surface area contributed by atoms with Crippen LogP contribution in [-0.2, 0) is 4.79 Å². The van der Waals surface area contributed by atoms with Crippen LogP contribution < -0.4 is 0 Å². The van der Waals surface area contributed by atoms with E-state index in [0.29, 0.717) is 25.2 Å². The van der Waals surface area contributed by atoms with Crippen molar-refractivity contribution in [1.82, 2.24) is 14.8 Å². The van der Waals surface area contributed by atoms with Crippen LogP contribution >= 0.6 is 0 Å². The van der Waals surface area contributed by atoms with Gasteiger partial charge in [0, 0.05) is 43.9 Å². The molecule has 32 heavy (non-hydrogen) atoms. The normalized spacial score (nSPS) is 17.2. The Morgan fingerprint density at radius 1 is 1.06 bits per heavy atom. The second-order valence-corrected chi connectivity index (χ2v) is 8.42. The molecule has 1 fully saturated rings. The van der Waals surface area contributed by atoms with Crippen LogP contribution in [0, 0.1) is 6.92 Å². The summed E-state index contributed by atoms with van der Waals surface area (Å²) in [5.41, 5.74) is 3.25. The lowest BCUT2D eigenvalue weighted by molar-refractivity contribution is -0.127. The number of pyridine rings is 1. The maximum absolute atomic E-state index is 13.2. The second kappa shape index (κ2) is 9.81. The number of phenolic OH excluding ortho intramolecular Hbond substituents is 1. The minimum atomic E-state index is -0.0413. The maximum Gasteiger partial charge on any atom is 0.256 e. The predicted octanol–water partition coefficient (Wildman–Crippen LogP) is 3.92. The van der Waals surface area contributed by atoms with E-state index in [9.17, 15) is 14.7 Å². The summed E-state index contributed by atoms with van der Waals surface area (Å²) >= 11 is 0. The molecule has 3 heterocycles. The van der Waals surface area contributed by atoms with E-state index in [0.717, 1.165) is 42.8 Å². The summed E-state index contributed by atoms with van der Waals surface area (Å²) in [5, 5.41) is 9.56. The molecule has 0 unspecified atom stereocenters. The van der Waals surface area contributed by atoms with Gasteiger partial charge in [-0.3, -0.25) is 14.6 Å². The van der Waals surface area contributed by atoms with Crippen molar-refractivity contribution in [3.05, 3.63) is 77.1 Å². The van der Waals surface area contributed by atoms with Gasteiger partial charge in [-0.2, -0.15) is 0 Å². The Morgan fingerprint density at radius 3 is 2.59 bits per heavy atom. The molecular formula is C26H29N3O3. The van der Waals surface area contributed by atoms with E-state index >= 15 is 0 Å². The number of likely N-dealkylation sites (tertiary alicyclic amines) is 1. The zero-order valence-electron chi connectivity index (χ0n) is 18.4. The number of amides is 2. The number of piperidine rings is 1. The van der Waals surface area contributed by atoms with Crippen LogP contribution in [0.3, 0.4) is 0 Å². The van der Waals surface area contributed by atoms with Crippen molar-refractivity contribution < 1.29 is 14.7 Å². The van der Waals surface area contributed by atoms with Gasteiger partial charge in [0.15, 0.2) is 0 Å². The van der Waals surface area contributed by atoms with Gasteiger partial charge >= 0.3 is 0 Å². The van der Waals surface area contributed by atoms with Gasteiger partial charge in [-0.05, 0) is 62.1 Å².